The summed E-state index contributed by atoms with van der Waals surface area (Å²) in [4.78, 5) is 4.14. The maximum absolute atomic E-state index is 4.27. The Hall–Kier alpha value is -2.04. The molecule has 0 amide bonds. The van der Waals surface area contributed by atoms with Crippen LogP contribution in [0.2, 0.25) is 0 Å². The number of pyridine rings is 1. The highest BCUT2D eigenvalue weighted by Crippen LogP contribution is 2.20. The molecule has 5 nitrogen and oxygen atoms in total. The highest BCUT2D eigenvalue weighted by molar-refractivity contribution is 5.63. The maximum Gasteiger partial charge on any atom is 0.0828 e. The second-order valence-electron chi connectivity index (χ2n) is 3.64. The van der Waals surface area contributed by atoms with E-state index < -0.39 is 0 Å². The molecular formula is C11H15N5. The minimum atomic E-state index is 0.947. The molecule has 0 fully saturated rings. The fraction of sp³-hybridized carbons (Fsp3) is 0.273. The second kappa shape index (κ2) is 4.22. The SMILES string of the molecule is CNc1cncc(Nc2cn(C)nc2C)c1. The number of hydrogen-bond acceptors (Lipinski definition) is 4. The molecule has 0 bridgehead atoms. The lowest BCUT2D eigenvalue weighted by molar-refractivity contribution is 0.756. The van der Waals surface area contributed by atoms with Crippen molar-refractivity contribution in [3.8, 4) is 0 Å². The van der Waals surface area contributed by atoms with Gasteiger partial charge in [0, 0.05) is 20.3 Å². The Kier molecular flexibility index (Phi) is 2.76. The average Bonchev–Trinajstić information content (AvgIpc) is 2.58. The average molecular weight is 217 g/mol. The first kappa shape index (κ1) is 10.5. The topological polar surface area (TPSA) is 54.8 Å². The first-order valence-electron chi connectivity index (χ1n) is 5.09. The number of anilines is 3. The summed E-state index contributed by atoms with van der Waals surface area (Å²) in [6.07, 6.45) is 5.51. The van der Waals surface area contributed by atoms with Crippen molar-refractivity contribution in [2.45, 2.75) is 6.92 Å². The van der Waals surface area contributed by atoms with Crippen LogP contribution in [-0.4, -0.2) is 21.8 Å². The van der Waals surface area contributed by atoms with Gasteiger partial charge in [-0.1, -0.05) is 0 Å². The number of nitrogens with zero attached hydrogens (tertiary/aromatic N) is 3. The van der Waals surface area contributed by atoms with Crippen LogP contribution in [0.1, 0.15) is 5.69 Å². The molecular weight excluding hydrogens is 202 g/mol. The predicted octanol–water partition coefficient (Wildman–Crippen LogP) is 1.91. The minimum Gasteiger partial charge on any atom is -0.387 e. The van der Waals surface area contributed by atoms with Crippen molar-refractivity contribution < 1.29 is 0 Å². The lowest BCUT2D eigenvalue weighted by Gasteiger charge is -2.06. The standard InChI is InChI=1S/C11H15N5/c1-8-11(7-16(3)15-8)14-10-4-9(12-2)5-13-6-10/h4-7,12,14H,1-3H3. The number of rotatable bonds is 3. The molecule has 84 valence electrons. The summed E-state index contributed by atoms with van der Waals surface area (Å²) in [6.45, 7) is 1.97. The van der Waals surface area contributed by atoms with Crippen molar-refractivity contribution in [2.75, 3.05) is 17.7 Å². The van der Waals surface area contributed by atoms with E-state index in [2.05, 4.69) is 20.7 Å². The van der Waals surface area contributed by atoms with Crippen molar-refractivity contribution in [3.63, 3.8) is 0 Å². The van der Waals surface area contributed by atoms with E-state index in [1.807, 2.05) is 33.3 Å². The molecule has 0 spiro atoms. The quantitative estimate of drug-likeness (QED) is 0.824. The van der Waals surface area contributed by atoms with E-state index in [1.54, 1.807) is 17.1 Å². The summed E-state index contributed by atoms with van der Waals surface area (Å²) < 4.78 is 1.78. The fourth-order valence-electron chi connectivity index (χ4n) is 1.52. The monoisotopic (exact) mass is 217 g/mol. The molecule has 2 heterocycles. The minimum absolute atomic E-state index is 0.947. The van der Waals surface area contributed by atoms with Gasteiger partial charge >= 0.3 is 0 Å². The van der Waals surface area contributed by atoms with Gasteiger partial charge in [-0.25, -0.2) is 0 Å². The number of hydrogen-bond donors (Lipinski definition) is 2. The highest BCUT2D eigenvalue weighted by atomic mass is 15.3. The van der Waals surface area contributed by atoms with Crippen LogP contribution in [0.3, 0.4) is 0 Å². The van der Waals surface area contributed by atoms with E-state index in [-0.39, 0.29) is 0 Å². The van der Waals surface area contributed by atoms with Crippen LogP contribution >= 0.6 is 0 Å². The van der Waals surface area contributed by atoms with Gasteiger partial charge < -0.3 is 10.6 Å². The zero-order chi connectivity index (χ0) is 11.5. The zero-order valence-corrected chi connectivity index (χ0v) is 9.65. The molecule has 2 N–H and O–H groups in total. The van der Waals surface area contributed by atoms with Crippen LogP contribution in [0.4, 0.5) is 17.1 Å². The van der Waals surface area contributed by atoms with Gasteiger partial charge in [-0.15, -0.1) is 0 Å². The Balaban J connectivity index is 2.23. The normalized spacial score (nSPS) is 10.2. The van der Waals surface area contributed by atoms with E-state index >= 15 is 0 Å². The van der Waals surface area contributed by atoms with Gasteiger partial charge in [-0.3, -0.25) is 9.67 Å². The van der Waals surface area contributed by atoms with Crippen LogP contribution in [0.5, 0.6) is 0 Å². The van der Waals surface area contributed by atoms with Gasteiger partial charge in [0.15, 0.2) is 0 Å². The molecule has 0 saturated heterocycles. The van der Waals surface area contributed by atoms with Gasteiger partial charge in [-0.05, 0) is 13.0 Å². The van der Waals surface area contributed by atoms with Crippen molar-refractivity contribution >= 4 is 17.1 Å². The van der Waals surface area contributed by atoms with Crippen molar-refractivity contribution in [1.29, 1.82) is 0 Å². The van der Waals surface area contributed by atoms with Crippen molar-refractivity contribution in [3.05, 3.63) is 30.4 Å². The summed E-state index contributed by atoms with van der Waals surface area (Å²) in [5.41, 5.74) is 3.89. The summed E-state index contributed by atoms with van der Waals surface area (Å²) in [5, 5.41) is 10.6. The van der Waals surface area contributed by atoms with Crippen LogP contribution in [0, 0.1) is 6.92 Å². The van der Waals surface area contributed by atoms with Crippen LogP contribution in [0.15, 0.2) is 24.7 Å². The molecule has 0 aliphatic rings. The van der Waals surface area contributed by atoms with Gasteiger partial charge in [0.1, 0.15) is 0 Å². The first-order valence-corrected chi connectivity index (χ1v) is 5.09. The van der Waals surface area contributed by atoms with Gasteiger partial charge in [0.25, 0.3) is 0 Å². The Morgan fingerprint density at radius 1 is 1.25 bits per heavy atom. The third-order valence-corrected chi connectivity index (χ3v) is 2.32. The van der Waals surface area contributed by atoms with E-state index in [9.17, 15) is 0 Å². The summed E-state index contributed by atoms with van der Waals surface area (Å²) >= 11 is 0. The van der Waals surface area contributed by atoms with Crippen LogP contribution in [-0.2, 0) is 7.05 Å². The molecule has 0 aromatic carbocycles. The Bertz CT molecular complexity index is 489. The lowest BCUT2D eigenvalue weighted by Crippen LogP contribution is -1.94. The Morgan fingerprint density at radius 2 is 2.00 bits per heavy atom. The summed E-state index contributed by atoms with van der Waals surface area (Å²) in [7, 11) is 3.77. The number of nitrogens with one attached hydrogen (secondary N) is 2. The Labute approximate surface area is 94.5 Å². The van der Waals surface area contributed by atoms with E-state index in [4.69, 9.17) is 0 Å². The van der Waals surface area contributed by atoms with Crippen molar-refractivity contribution in [2.24, 2.45) is 7.05 Å². The summed E-state index contributed by atoms with van der Waals surface area (Å²) in [6, 6.07) is 2.00. The van der Waals surface area contributed by atoms with Gasteiger partial charge in [0.2, 0.25) is 0 Å². The lowest BCUT2D eigenvalue weighted by atomic mass is 10.3. The molecule has 0 radical (unpaired) electrons. The largest absolute Gasteiger partial charge is 0.387 e. The molecule has 2 aromatic heterocycles. The third kappa shape index (κ3) is 2.13. The van der Waals surface area contributed by atoms with Gasteiger partial charge in [0.05, 0.1) is 35.1 Å². The van der Waals surface area contributed by atoms with Crippen LogP contribution < -0.4 is 10.6 Å². The molecule has 16 heavy (non-hydrogen) atoms. The maximum atomic E-state index is 4.27. The smallest absolute Gasteiger partial charge is 0.0828 e. The molecule has 0 aliphatic carbocycles. The Morgan fingerprint density at radius 3 is 2.62 bits per heavy atom. The van der Waals surface area contributed by atoms with E-state index in [0.29, 0.717) is 0 Å². The third-order valence-electron chi connectivity index (χ3n) is 2.32. The number of aryl methyl sites for hydroxylation is 2. The first-order chi connectivity index (χ1) is 7.69. The number of aromatic nitrogens is 3. The fourth-order valence-corrected chi connectivity index (χ4v) is 1.52. The highest BCUT2D eigenvalue weighted by Gasteiger charge is 2.03. The molecule has 0 unspecified atom stereocenters. The molecule has 0 aliphatic heterocycles. The molecule has 0 saturated carbocycles. The zero-order valence-electron chi connectivity index (χ0n) is 9.65. The second-order valence-corrected chi connectivity index (χ2v) is 3.64. The van der Waals surface area contributed by atoms with E-state index in [1.165, 1.54) is 0 Å². The molecule has 2 aromatic rings. The van der Waals surface area contributed by atoms with Crippen LogP contribution in [0.25, 0.3) is 0 Å². The van der Waals surface area contributed by atoms with E-state index in [0.717, 1.165) is 22.8 Å². The molecule has 0 atom stereocenters. The van der Waals surface area contributed by atoms with Crippen molar-refractivity contribution in [1.82, 2.24) is 14.8 Å². The predicted molar refractivity (Wildman–Crippen MR) is 65.0 cm³/mol. The van der Waals surface area contributed by atoms with Gasteiger partial charge in [-0.2, -0.15) is 5.10 Å². The molecule has 5 heteroatoms. The molecule has 2 rings (SSSR count). The summed E-state index contributed by atoms with van der Waals surface area (Å²) in [5.74, 6) is 0.